The molecule has 2 amide bonds. The van der Waals surface area contributed by atoms with Gasteiger partial charge in [0.15, 0.2) is 6.61 Å². The molecule has 10 heteroatoms. The third-order valence-corrected chi connectivity index (χ3v) is 3.22. The van der Waals surface area contributed by atoms with Gasteiger partial charge < -0.3 is 30.4 Å². The van der Waals surface area contributed by atoms with Crippen LogP contribution < -0.4 is 21.1 Å². The van der Waals surface area contributed by atoms with Crippen molar-refractivity contribution >= 4 is 35.0 Å². The molecule has 1 aromatic carbocycles. The fourth-order valence-corrected chi connectivity index (χ4v) is 2.11. The molecule has 0 unspecified atom stereocenters. The summed E-state index contributed by atoms with van der Waals surface area (Å²) in [5.41, 5.74) is 6.50. The molecule has 1 heterocycles. The summed E-state index contributed by atoms with van der Waals surface area (Å²) < 4.78 is 14.7. The zero-order chi connectivity index (χ0) is 19.3. The van der Waals surface area contributed by atoms with E-state index in [2.05, 4.69) is 20.3 Å². The first-order valence-electron chi connectivity index (χ1n) is 7.46. The van der Waals surface area contributed by atoms with Gasteiger partial charge in [-0.05, 0) is 25.1 Å². The van der Waals surface area contributed by atoms with E-state index in [1.807, 2.05) is 0 Å². The molecule has 0 fully saturated rings. The molecule has 2 rings (SSSR count). The number of ether oxygens (including phenoxy) is 2. The minimum absolute atomic E-state index is 0.0250. The van der Waals surface area contributed by atoms with Gasteiger partial charge in [-0.3, -0.25) is 9.59 Å². The van der Waals surface area contributed by atoms with Crippen molar-refractivity contribution in [1.82, 2.24) is 5.16 Å². The Bertz CT molecular complexity index is 826. The van der Waals surface area contributed by atoms with Gasteiger partial charge in [0.25, 0.3) is 5.91 Å². The number of rotatable bonds is 6. The largest absolute Gasteiger partial charge is 0.495 e. The molecule has 0 saturated carbocycles. The number of amides is 2. The van der Waals surface area contributed by atoms with Crippen molar-refractivity contribution in [1.29, 1.82) is 0 Å². The molecule has 0 saturated heterocycles. The van der Waals surface area contributed by atoms with Crippen LogP contribution in [0.2, 0.25) is 0 Å². The predicted molar refractivity (Wildman–Crippen MR) is 91.9 cm³/mol. The van der Waals surface area contributed by atoms with Crippen molar-refractivity contribution in [3.8, 4) is 5.75 Å². The van der Waals surface area contributed by atoms with E-state index in [1.54, 1.807) is 12.1 Å². The SMILES string of the molecule is COc1ccc(NC(C)=O)cc1NC(=O)COC(=O)c1c(C)noc1N. The topological polar surface area (TPSA) is 146 Å². The van der Waals surface area contributed by atoms with Crippen LogP contribution >= 0.6 is 0 Å². The van der Waals surface area contributed by atoms with E-state index in [9.17, 15) is 14.4 Å². The van der Waals surface area contributed by atoms with Crippen LogP contribution in [0.1, 0.15) is 23.0 Å². The molecule has 0 radical (unpaired) electrons. The zero-order valence-electron chi connectivity index (χ0n) is 14.4. The standard InChI is InChI=1S/C16H18N4O6/c1-8-14(15(17)26-20-8)16(23)25-7-13(22)19-11-6-10(18-9(2)21)4-5-12(11)24-3/h4-6H,7,17H2,1-3H3,(H,18,21)(H,19,22). The number of nitrogens with zero attached hydrogens (tertiary/aromatic N) is 1. The van der Waals surface area contributed by atoms with Gasteiger partial charge in [-0.25, -0.2) is 4.79 Å². The van der Waals surface area contributed by atoms with Crippen molar-refractivity contribution in [2.45, 2.75) is 13.8 Å². The van der Waals surface area contributed by atoms with E-state index in [-0.39, 0.29) is 23.0 Å². The molecule has 0 aliphatic rings. The number of nitrogens with two attached hydrogens (primary N) is 1. The van der Waals surface area contributed by atoms with E-state index in [0.717, 1.165) is 0 Å². The average Bonchev–Trinajstić information content (AvgIpc) is 2.91. The average molecular weight is 362 g/mol. The summed E-state index contributed by atoms with van der Waals surface area (Å²) in [6.07, 6.45) is 0. The molecule has 26 heavy (non-hydrogen) atoms. The number of hydrogen-bond acceptors (Lipinski definition) is 8. The number of hydrogen-bond donors (Lipinski definition) is 3. The van der Waals surface area contributed by atoms with Gasteiger partial charge in [0.2, 0.25) is 11.8 Å². The third-order valence-electron chi connectivity index (χ3n) is 3.22. The van der Waals surface area contributed by atoms with Crippen LogP contribution in [0.25, 0.3) is 0 Å². The molecule has 0 atom stereocenters. The Kier molecular flexibility index (Phi) is 5.78. The molecule has 0 aliphatic carbocycles. The molecule has 2 aromatic rings. The van der Waals surface area contributed by atoms with Crippen molar-refractivity contribution in [2.75, 3.05) is 30.1 Å². The Morgan fingerprint density at radius 1 is 1.27 bits per heavy atom. The zero-order valence-corrected chi connectivity index (χ0v) is 14.4. The van der Waals surface area contributed by atoms with Crippen LogP contribution in [0.5, 0.6) is 5.75 Å². The molecule has 0 bridgehead atoms. The monoisotopic (exact) mass is 362 g/mol. The van der Waals surface area contributed by atoms with Crippen molar-refractivity contribution in [3.63, 3.8) is 0 Å². The highest BCUT2D eigenvalue weighted by atomic mass is 16.5. The molecule has 10 nitrogen and oxygen atoms in total. The minimum atomic E-state index is -0.824. The smallest absolute Gasteiger partial charge is 0.346 e. The maximum Gasteiger partial charge on any atom is 0.346 e. The highest BCUT2D eigenvalue weighted by Crippen LogP contribution is 2.27. The van der Waals surface area contributed by atoms with Crippen molar-refractivity contribution in [3.05, 3.63) is 29.5 Å². The summed E-state index contributed by atoms with van der Waals surface area (Å²) in [4.78, 5) is 35.1. The lowest BCUT2D eigenvalue weighted by atomic mass is 10.2. The number of benzene rings is 1. The number of nitrogens with one attached hydrogen (secondary N) is 2. The van der Waals surface area contributed by atoms with Crippen LogP contribution in [0, 0.1) is 6.92 Å². The number of carbonyl (C=O) groups is 3. The third kappa shape index (κ3) is 4.50. The number of aryl methyl sites for hydroxylation is 1. The Morgan fingerprint density at radius 2 is 2.00 bits per heavy atom. The lowest BCUT2D eigenvalue weighted by Gasteiger charge is -2.12. The van der Waals surface area contributed by atoms with Gasteiger partial charge in [0, 0.05) is 12.6 Å². The lowest BCUT2D eigenvalue weighted by molar-refractivity contribution is -0.119. The number of aromatic nitrogens is 1. The van der Waals surface area contributed by atoms with Gasteiger partial charge in [0.05, 0.1) is 18.5 Å². The van der Waals surface area contributed by atoms with Crippen LogP contribution in [0.15, 0.2) is 22.7 Å². The van der Waals surface area contributed by atoms with Gasteiger partial charge in [-0.15, -0.1) is 0 Å². The number of methoxy groups -OCH3 is 1. The summed E-state index contributed by atoms with van der Waals surface area (Å²) >= 11 is 0. The second-order valence-electron chi connectivity index (χ2n) is 5.23. The molecule has 138 valence electrons. The number of esters is 1. The van der Waals surface area contributed by atoms with Gasteiger partial charge in [-0.2, -0.15) is 0 Å². The van der Waals surface area contributed by atoms with E-state index in [4.69, 9.17) is 15.2 Å². The summed E-state index contributed by atoms with van der Waals surface area (Å²) in [7, 11) is 1.43. The van der Waals surface area contributed by atoms with Gasteiger partial charge in [-0.1, -0.05) is 5.16 Å². The number of anilines is 3. The summed E-state index contributed by atoms with van der Waals surface area (Å²) in [6.45, 7) is 2.33. The minimum Gasteiger partial charge on any atom is -0.495 e. The van der Waals surface area contributed by atoms with E-state index >= 15 is 0 Å². The Labute approximate surface area is 148 Å². The predicted octanol–water partition coefficient (Wildman–Crippen LogP) is 1.33. The molecular weight excluding hydrogens is 344 g/mol. The van der Waals surface area contributed by atoms with E-state index < -0.39 is 18.5 Å². The Balaban J connectivity index is 2.03. The quantitative estimate of drug-likeness (QED) is 0.652. The summed E-state index contributed by atoms with van der Waals surface area (Å²) in [6, 6.07) is 4.71. The lowest BCUT2D eigenvalue weighted by Crippen LogP contribution is -2.22. The van der Waals surface area contributed by atoms with Crippen molar-refractivity contribution in [2.24, 2.45) is 0 Å². The fraction of sp³-hybridized carbons (Fsp3) is 0.250. The van der Waals surface area contributed by atoms with E-state index in [0.29, 0.717) is 17.1 Å². The molecule has 0 spiro atoms. The molecule has 0 aliphatic heterocycles. The molecule has 1 aromatic heterocycles. The van der Waals surface area contributed by atoms with Crippen LogP contribution in [-0.4, -0.2) is 36.7 Å². The second kappa shape index (κ2) is 8.01. The Morgan fingerprint density at radius 3 is 2.58 bits per heavy atom. The van der Waals surface area contributed by atoms with Gasteiger partial charge >= 0.3 is 5.97 Å². The van der Waals surface area contributed by atoms with Crippen LogP contribution in [-0.2, 0) is 14.3 Å². The van der Waals surface area contributed by atoms with Crippen LogP contribution in [0.3, 0.4) is 0 Å². The first kappa shape index (κ1) is 18.8. The summed E-state index contributed by atoms with van der Waals surface area (Å²) in [5, 5.41) is 8.67. The summed E-state index contributed by atoms with van der Waals surface area (Å²) in [5.74, 6) is -1.50. The van der Waals surface area contributed by atoms with E-state index in [1.165, 1.54) is 27.0 Å². The van der Waals surface area contributed by atoms with Crippen LogP contribution in [0.4, 0.5) is 17.3 Å². The van der Waals surface area contributed by atoms with Crippen molar-refractivity contribution < 1.29 is 28.4 Å². The van der Waals surface area contributed by atoms with Gasteiger partial charge in [0.1, 0.15) is 11.3 Å². The molecular formula is C16H18N4O6. The normalized spacial score (nSPS) is 10.1. The first-order valence-corrected chi connectivity index (χ1v) is 7.46. The molecule has 4 N–H and O–H groups in total. The second-order valence-corrected chi connectivity index (χ2v) is 5.23. The number of nitrogen functional groups attached to an aromatic ring is 1. The number of carbonyl (C=O) groups excluding carboxylic acids is 3. The maximum atomic E-state index is 12.1. The maximum absolute atomic E-state index is 12.1. The highest BCUT2D eigenvalue weighted by molar-refractivity contribution is 5.99. The first-order chi connectivity index (χ1) is 12.3. The Hall–Kier alpha value is -3.56. The highest BCUT2D eigenvalue weighted by Gasteiger charge is 2.21. The fourth-order valence-electron chi connectivity index (χ4n) is 2.11.